The average molecular weight is 454 g/mol. The number of aromatic nitrogens is 1. The van der Waals surface area contributed by atoms with Crippen molar-refractivity contribution in [1.82, 2.24) is 9.88 Å². The quantitative estimate of drug-likeness (QED) is 0.614. The lowest BCUT2D eigenvalue weighted by Crippen LogP contribution is -2.49. The molecule has 0 bridgehead atoms. The van der Waals surface area contributed by atoms with Crippen molar-refractivity contribution in [2.75, 3.05) is 31.1 Å². The van der Waals surface area contributed by atoms with Crippen LogP contribution in [0.15, 0.2) is 58.5 Å². The van der Waals surface area contributed by atoms with Gasteiger partial charge in [0.25, 0.3) is 0 Å². The summed E-state index contributed by atoms with van der Waals surface area (Å²) in [4.78, 5) is 9.55. The van der Waals surface area contributed by atoms with Gasteiger partial charge in [-0.3, -0.25) is 9.88 Å². The molecule has 3 aromatic rings. The van der Waals surface area contributed by atoms with Crippen LogP contribution in [0.5, 0.6) is 0 Å². The van der Waals surface area contributed by atoms with Crippen LogP contribution >= 0.6 is 0 Å². The summed E-state index contributed by atoms with van der Waals surface area (Å²) < 4.78 is 27.5. The highest BCUT2D eigenvalue weighted by Crippen LogP contribution is 2.37. The topological polar surface area (TPSA) is 73.7 Å². The van der Waals surface area contributed by atoms with Gasteiger partial charge in [0.15, 0.2) is 0 Å². The molecule has 0 radical (unpaired) electrons. The van der Waals surface area contributed by atoms with Gasteiger partial charge < -0.3 is 10.0 Å². The number of aryl methyl sites for hydroxylation is 1. The van der Waals surface area contributed by atoms with Gasteiger partial charge in [-0.2, -0.15) is 0 Å². The number of anilines is 1. The molecule has 1 saturated heterocycles. The van der Waals surface area contributed by atoms with E-state index in [2.05, 4.69) is 28.6 Å². The number of hydrogen-bond donors (Lipinski definition) is 1. The van der Waals surface area contributed by atoms with Gasteiger partial charge in [0.05, 0.1) is 22.7 Å². The standard InChI is InChI=1S/C25H31N3O3S/c1-4-19-5-8-21(9-6-19)32(30,31)24-16-26-23-10-7-20(17-29)15-22(23)25(24)28-13-11-27(12-14-28)18(2)3/h5-10,15-16,18,29H,4,11-14,17H2,1-3H3. The molecule has 4 rings (SSSR count). The molecule has 7 heteroatoms. The minimum absolute atomic E-state index is 0.105. The number of pyridine rings is 1. The summed E-state index contributed by atoms with van der Waals surface area (Å²) in [5.41, 5.74) is 3.25. The molecule has 32 heavy (non-hydrogen) atoms. The van der Waals surface area contributed by atoms with Crippen LogP contribution in [-0.4, -0.2) is 55.6 Å². The van der Waals surface area contributed by atoms with E-state index >= 15 is 0 Å². The molecule has 0 unspecified atom stereocenters. The second-order valence-corrected chi connectivity index (χ2v) is 10.5. The molecule has 0 atom stereocenters. The van der Waals surface area contributed by atoms with Gasteiger partial charge in [-0.05, 0) is 55.7 Å². The molecular formula is C25H31N3O3S. The first-order chi connectivity index (χ1) is 15.3. The molecule has 2 aromatic carbocycles. The first kappa shape index (κ1) is 22.7. The Labute approximate surface area is 190 Å². The summed E-state index contributed by atoms with van der Waals surface area (Å²) in [5, 5.41) is 10.5. The van der Waals surface area contributed by atoms with E-state index in [1.165, 1.54) is 6.20 Å². The second kappa shape index (κ2) is 9.17. The number of sulfone groups is 1. The third-order valence-corrected chi connectivity index (χ3v) is 8.12. The highest BCUT2D eigenvalue weighted by Gasteiger charge is 2.29. The van der Waals surface area contributed by atoms with E-state index in [-0.39, 0.29) is 16.4 Å². The third-order valence-electron chi connectivity index (χ3n) is 6.35. The van der Waals surface area contributed by atoms with E-state index in [0.717, 1.165) is 54.6 Å². The highest BCUT2D eigenvalue weighted by atomic mass is 32.2. The van der Waals surface area contributed by atoms with Crippen LogP contribution in [0, 0.1) is 0 Å². The number of fused-ring (bicyclic) bond motifs is 1. The van der Waals surface area contributed by atoms with Crippen LogP contribution in [0.1, 0.15) is 31.9 Å². The fourth-order valence-corrected chi connectivity index (χ4v) is 5.76. The molecule has 170 valence electrons. The van der Waals surface area contributed by atoms with E-state index in [0.29, 0.717) is 11.7 Å². The molecule has 0 saturated carbocycles. The smallest absolute Gasteiger partial charge is 0.210 e. The summed E-state index contributed by atoms with van der Waals surface area (Å²) >= 11 is 0. The van der Waals surface area contributed by atoms with Crippen molar-refractivity contribution >= 4 is 26.4 Å². The van der Waals surface area contributed by atoms with Gasteiger partial charge in [0.2, 0.25) is 9.84 Å². The van der Waals surface area contributed by atoms with Gasteiger partial charge in [-0.25, -0.2) is 8.42 Å². The Kier molecular flexibility index (Phi) is 6.51. The van der Waals surface area contributed by atoms with Gasteiger partial charge in [0, 0.05) is 43.8 Å². The number of nitrogens with zero attached hydrogens (tertiary/aromatic N) is 3. The SMILES string of the molecule is CCc1ccc(S(=O)(=O)c2cnc3ccc(CO)cc3c2N2CCN(C(C)C)CC2)cc1. The lowest BCUT2D eigenvalue weighted by Gasteiger charge is -2.39. The fraction of sp³-hybridized carbons (Fsp3) is 0.400. The van der Waals surface area contributed by atoms with Gasteiger partial charge in [-0.1, -0.05) is 25.1 Å². The van der Waals surface area contributed by atoms with Crippen molar-refractivity contribution in [2.45, 2.75) is 49.6 Å². The van der Waals surface area contributed by atoms with Crippen LogP contribution < -0.4 is 4.90 Å². The molecule has 1 N–H and O–H groups in total. The molecule has 2 heterocycles. The Morgan fingerprint density at radius 2 is 1.66 bits per heavy atom. The van der Waals surface area contributed by atoms with Crippen molar-refractivity contribution in [3.8, 4) is 0 Å². The summed E-state index contributed by atoms with van der Waals surface area (Å²) in [6.07, 6.45) is 2.35. The summed E-state index contributed by atoms with van der Waals surface area (Å²) in [5.74, 6) is 0. The summed E-state index contributed by atoms with van der Waals surface area (Å²) in [6.45, 7) is 9.51. The average Bonchev–Trinajstić information content (AvgIpc) is 2.82. The van der Waals surface area contributed by atoms with E-state index in [9.17, 15) is 13.5 Å². The number of aliphatic hydroxyl groups excluding tert-OH is 1. The monoisotopic (exact) mass is 453 g/mol. The van der Waals surface area contributed by atoms with E-state index in [1.807, 2.05) is 37.3 Å². The predicted molar refractivity (Wildman–Crippen MR) is 128 cm³/mol. The maximum atomic E-state index is 13.7. The van der Waals surface area contributed by atoms with Gasteiger partial charge in [0.1, 0.15) is 4.90 Å². The van der Waals surface area contributed by atoms with Crippen LogP contribution in [0.3, 0.4) is 0 Å². The van der Waals surface area contributed by atoms with Crippen LogP contribution in [0.2, 0.25) is 0 Å². The van der Waals surface area contributed by atoms with E-state index in [1.54, 1.807) is 12.1 Å². The second-order valence-electron chi connectivity index (χ2n) is 8.60. The van der Waals surface area contributed by atoms with E-state index < -0.39 is 9.84 Å². The number of rotatable bonds is 6. The van der Waals surface area contributed by atoms with Crippen molar-refractivity contribution in [2.24, 2.45) is 0 Å². The first-order valence-electron chi connectivity index (χ1n) is 11.2. The maximum absolute atomic E-state index is 13.7. The largest absolute Gasteiger partial charge is 0.392 e. The zero-order chi connectivity index (χ0) is 22.9. The number of hydrogen-bond acceptors (Lipinski definition) is 6. The van der Waals surface area contributed by atoms with Crippen molar-refractivity contribution in [3.05, 3.63) is 59.8 Å². The molecule has 0 amide bonds. The highest BCUT2D eigenvalue weighted by molar-refractivity contribution is 7.91. The Bertz CT molecular complexity index is 1200. The van der Waals surface area contributed by atoms with E-state index in [4.69, 9.17) is 0 Å². The first-order valence-corrected chi connectivity index (χ1v) is 12.7. The molecule has 1 aliphatic rings. The summed E-state index contributed by atoms with van der Waals surface area (Å²) in [6, 6.07) is 13.1. The van der Waals surface area contributed by atoms with Crippen molar-refractivity contribution in [1.29, 1.82) is 0 Å². The lowest BCUT2D eigenvalue weighted by atomic mass is 10.1. The fourth-order valence-electron chi connectivity index (χ4n) is 4.32. The van der Waals surface area contributed by atoms with Crippen molar-refractivity contribution < 1.29 is 13.5 Å². The normalized spacial score (nSPS) is 15.6. The number of piperazine rings is 1. The van der Waals surface area contributed by atoms with Crippen LogP contribution in [0.4, 0.5) is 5.69 Å². The number of aliphatic hydroxyl groups is 1. The Hall–Kier alpha value is -2.48. The number of benzene rings is 2. The Morgan fingerprint density at radius 1 is 1.00 bits per heavy atom. The summed E-state index contributed by atoms with van der Waals surface area (Å²) in [7, 11) is -3.77. The molecule has 0 aliphatic carbocycles. The van der Waals surface area contributed by atoms with Gasteiger partial charge >= 0.3 is 0 Å². The Balaban J connectivity index is 1.87. The Morgan fingerprint density at radius 3 is 2.25 bits per heavy atom. The third kappa shape index (κ3) is 4.25. The molecule has 6 nitrogen and oxygen atoms in total. The molecule has 1 fully saturated rings. The van der Waals surface area contributed by atoms with Crippen LogP contribution in [-0.2, 0) is 22.9 Å². The molecule has 1 aromatic heterocycles. The molecule has 0 spiro atoms. The van der Waals surface area contributed by atoms with Crippen LogP contribution in [0.25, 0.3) is 10.9 Å². The minimum Gasteiger partial charge on any atom is -0.392 e. The maximum Gasteiger partial charge on any atom is 0.210 e. The predicted octanol–water partition coefficient (Wildman–Crippen LogP) is 3.65. The lowest BCUT2D eigenvalue weighted by molar-refractivity contribution is 0.209. The minimum atomic E-state index is -3.77. The molecule has 1 aliphatic heterocycles. The van der Waals surface area contributed by atoms with Gasteiger partial charge in [-0.15, -0.1) is 0 Å². The zero-order valence-corrected chi connectivity index (χ0v) is 19.8. The zero-order valence-electron chi connectivity index (χ0n) is 19.0. The molecular weight excluding hydrogens is 422 g/mol. The van der Waals surface area contributed by atoms with Crippen molar-refractivity contribution in [3.63, 3.8) is 0 Å².